The highest BCUT2D eigenvalue weighted by Gasteiger charge is 2.10. The van der Waals surface area contributed by atoms with E-state index in [1.165, 1.54) is 12.1 Å². The van der Waals surface area contributed by atoms with Crippen molar-refractivity contribution in [2.75, 3.05) is 5.32 Å². The molecule has 2 aromatic carbocycles. The van der Waals surface area contributed by atoms with Crippen molar-refractivity contribution < 1.29 is 9.34 Å². The van der Waals surface area contributed by atoms with Gasteiger partial charge in [0, 0.05) is 35.0 Å². The molecular formula is C18H15ClN2O3. The fourth-order valence-corrected chi connectivity index (χ4v) is 2.56. The normalized spacial score (nSPS) is 10.6. The minimum atomic E-state index is -0.411. The Labute approximate surface area is 144 Å². The van der Waals surface area contributed by atoms with Crippen LogP contribution in [0.4, 0.5) is 11.4 Å². The largest absolute Gasteiger partial charge is 0.461 e. The minimum absolute atomic E-state index is 0.0771. The molecule has 3 aromatic rings. The third-order valence-corrected chi connectivity index (χ3v) is 3.85. The summed E-state index contributed by atoms with van der Waals surface area (Å²) in [5.74, 6) is 1.59. The van der Waals surface area contributed by atoms with Gasteiger partial charge in [0.05, 0.1) is 4.92 Å². The number of rotatable bonds is 5. The molecule has 122 valence electrons. The Morgan fingerprint density at radius 3 is 2.50 bits per heavy atom. The van der Waals surface area contributed by atoms with E-state index in [9.17, 15) is 10.1 Å². The zero-order chi connectivity index (χ0) is 17.1. The molecule has 0 fully saturated rings. The molecule has 1 aromatic heterocycles. The van der Waals surface area contributed by atoms with Crippen LogP contribution in [0.2, 0.25) is 5.02 Å². The lowest BCUT2D eigenvalue weighted by atomic mass is 10.1. The number of hydrogen-bond donors (Lipinski definition) is 1. The molecular weight excluding hydrogens is 328 g/mol. The second-order valence-electron chi connectivity index (χ2n) is 5.38. The van der Waals surface area contributed by atoms with Crippen LogP contribution in [0.25, 0.3) is 11.3 Å². The van der Waals surface area contributed by atoms with E-state index < -0.39 is 4.92 Å². The molecule has 0 amide bonds. The number of nitro groups is 1. The lowest BCUT2D eigenvalue weighted by Crippen LogP contribution is -2.01. The Morgan fingerprint density at radius 1 is 1.12 bits per heavy atom. The van der Waals surface area contributed by atoms with Gasteiger partial charge in [0.25, 0.3) is 5.69 Å². The second-order valence-corrected chi connectivity index (χ2v) is 5.81. The van der Waals surface area contributed by atoms with Crippen molar-refractivity contribution in [3.63, 3.8) is 0 Å². The van der Waals surface area contributed by atoms with Crippen molar-refractivity contribution >= 4 is 23.0 Å². The van der Waals surface area contributed by atoms with Gasteiger partial charge in [-0.25, -0.2) is 0 Å². The summed E-state index contributed by atoms with van der Waals surface area (Å²) in [6.07, 6.45) is 0. The van der Waals surface area contributed by atoms with Gasteiger partial charge in [-0.3, -0.25) is 10.1 Å². The molecule has 0 saturated heterocycles. The Morgan fingerprint density at radius 2 is 1.88 bits per heavy atom. The second kappa shape index (κ2) is 6.76. The number of non-ortho nitro benzene ring substituents is 1. The number of benzene rings is 2. The highest BCUT2D eigenvalue weighted by Crippen LogP contribution is 2.32. The first kappa shape index (κ1) is 16.1. The predicted octanol–water partition coefficient (Wildman–Crippen LogP) is 5.43. The maximum atomic E-state index is 10.7. The molecule has 0 aliphatic rings. The van der Waals surface area contributed by atoms with Crippen LogP contribution in [0.5, 0.6) is 0 Å². The number of nitrogens with one attached hydrogen (secondary N) is 1. The fourth-order valence-electron chi connectivity index (χ4n) is 2.39. The standard InChI is InChI=1S/C18H15ClN2O3/c1-12-2-9-18(24-12)16-8-5-14(19)10-17(16)20-11-13-3-6-15(7-4-13)21(22)23/h2-10,20H,11H2,1H3. The number of nitrogens with zero attached hydrogens (tertiary/aromatic N) is 1. The van der Waals surface area contributed by atoms with Crippen LogP contribution in [-0.2, 0) is 6.54 Å². The lowest BCUT2D eigenvalue weighted by Gasteiger charge is -2.11. The highest BCUT2D eigenvalue weighted by molar-refractivity contribution is 6.31. The summed E-state index contributed by atoms with van der Waals surface area (Å²) >= 11 is 6.10. The summed E-state index contributed by atoms with van der Waals surface area (Å²) < 4.78 is 5.69. The van der Waals surface area contributed by atoms with Gasteiger partial charge in [0.1, 0.15) is 11.5 Å². The zero-order valence-electron chi connectivity index (χ0n) is 13.0. The molecule has 0 unspecified atom stereocenters. The maximum Gasteiger partial charge on any atom is 0.269 e. The molecule has 1 heterocycles. The van der Waals surface area contributed by atoms with Gasteiger partial charge in [-0.05, 0) is 42.8 Å². The number of hydrogen-bond acceptors (Lipinski definition) is 4. The van der Waals surface area contributed by atoms with Crippen LogP contribution in [0.3, 0.4) is 0 Å². The molecule has 0 spiro atoms. The van der Waals surface area contributed by atoms with Crippen molar-refractivity contribution in [3.8, 4) is 11.3 Å². The summed E-state index contributed by atoms with van der Waals surface area (Å²) in [4.78, 5) is 10.3. The Hall–Kier alpha value is -2.79. The van der Waals surface area contributed by atoms with E-state index in [4.69, 9.17) is 16.0 Å². The molecule has 0 aliphatic carbocycles. The summed E-state index contributed by atoms with van der Waals surface area (Å²) in [5.41, 5.74) is 2.76. The van der Waals surface area contributed by atoms with E-state index in [0.717, 1.165) is 28.3 Å². The van der Waals surface area contributed by atoms with Crippen molar-refractivity contribution in [1.29, 1.82) is 0 Å². The average molecular weight is 343 g/mol. The van der Waals surface area contributed by atoms with Gasteiger partial charge < -0.3 is 9.73 Å². The van der Waals surface area contributed by atoms with Crippen molar-refractivity contribution in [1.82, 2.24) is 0 Å². The van der Waals surface area contributed by atoms with Gasteiger partial charge in [0.2, 0.25) is 0 Å². The lowest BCUT2D eigenvalue weighted by molar-refractivity contribution is -0.384. The molecule has 0 radical (unpaired) electrons. The molecule has 6 heteroatoms. The van der Waals surface area contributed by atoms with E-state index in [0.29, 0.717) is 11.6 Å². The highest BCUT2D eigenvalue weighted by atomic mass is 35.5. The molecule has 0 aliphatic heterocycles. The van der Waals surface area contributed by atoms with Crippen molar-refractivity contribution in [3.05, 3.63) is 81.1 Å². The van der Waals surface area contributed by atoms with Crippen LogP contribution < -0.4 is 5.32 Å². The molecule has 5 nitrogen and oxygen atoms in total. The quantitative estimate of drug-likeness (QED) is 0.496. The Balaban J connectivity index is 1.81. The van der Waals surface area contributed by atoms with Crippen molar-refractivity contribution in [2.45, 2.75) is 13.5 Å². The number of halogens is 1. The number of aryl methyl sites for hydroxylation is 1. The number of anilines is 1. The SMILES string of the molecule is Cc1ccc(-c2ccc(Cl)cc2NCc2ccc([N+](=O)[O-])cc2)o1. The average Bonchev–Trinajstić information content (AvgIpc) is 2.99. The molecule has 0 bridgehead atoms. The van der Waals surface area contributed by atoms with E-state index in [2.05, 4.69) is 5.32 Å². The van der Waals surface area contributed by atoms with Crippen molar-refractivity contribution in [2.24, 2.45) is 0 Å². The molecule has 24 heavy (non-hydrogen) atoms. The topological polar surface area (TPSA) is 68.3 Å². The van der Waals surface area contributed by atoms with E-state index in [1.807, 2.05) is 37.3 Å². The summed E-state index contributed by atoms with van der Waals surface area (Å²) in [6.45, 7) is 2.41. The fraction of sp³-hybridized carbons (Fsp3) is 0.111. The molecule has 0 atom stereocenters. The number of nitro benzene ring substituents is 1. The van der Waals surface area contributed by atoms with Gasteiger partial charge in [-0.1, -0.05) is 23.7 Å². The first-order valence-electron chi connectivity index (χ1n) is 7.36. The van der Waals surface area contributed by atoms with E-state index in [1.54, 1.807) is 12.1 Å². The minimum Gasteiger partial charge on any atom is -0.461 e. The van der Waals surface area contributed by atoms with Gasteiger partial charge in [-0.15, -0.1) is 0 Å². The summed E-state index contributed by atoms with van der Waals surface area (Å²) in [6, 6.07) is 15.8. The predicted molar refractivity (Wildman–Crippen MR) is 94.3 cm³/mol. The van der Waals surface area contributed by atoms with Gasteiger partial charge in [0.15, 0.2) is 0 Å². The smallest absolute Gasteiger partial charge is 0.269 e. The third-order valence-electron chi connectivity index (χ3n) is 3.62. The maximum absolute atomic E-state index is 10.7. The molecule has 3 rings (SSSR count). The molecule has 0 saturated carbocycles. The Bertz CT molecular complexity index is 872. The third kappa shape index (κ3) is 3.58. The van der Waals surface area contributed by atoms with E-state index in [-0.39, 0.29) is 5.69 Å². The van der Waals surface area contributed by atoms with Crippen LogP contribution >= 0.6 is 11.6 Å². The monoisotopic (exact) mass is 342 g/mol. The first-order valence-corrected chi connectivity index (χ1v) is 7.74. The van der Waals surface area contributed by atoms with Gasteiger partial charge >= 0.3 is 0 Å². The first-order chi connectivity index (χ1) is 11.5. The van der Waals surface area contributed by atoms with E-state index >= 15 is 0 Å². The zero-order valence-corrected chi connectivity index (χ0v) is 13.7. The number of furan rings is 1. The van der Waals surface area contributed by atoms with Crippen LogP contribution in [0, 0.1) is 17.0 Å². The summed E-state index contributed by atoms with van der Waals surface area (Å²) in [5, 5.41) is 14.6. The van der Waals surface area contributed by atoms with Crippen LogP contribution in [0.1, 0.15) is 11.3 Å². The van der Waals surface area contributed by atoms with Gasteiger partial charge in [-0.2, -0.15) is 0 Å². The van der Waals surface area contributed by atoms with Crippen LogP contribution in [-0.4, -0.2) is 4.92 Å². The molecule has 1 N–H and O–H groups in total. The van der Waals surface area contributed by atoms with Crippen LogP contribution in [0.15, 0.2) is 59.0 Å². The summed E-state index contributed by atoms with van der Waals surface area (Å²) in [7, 11) is 0. The Kier molecular flexibility index (Phi) is 4.53.